The predicted molar refractivity (Wildman–Crippen MR) is 49.7 cm³/mol. The molecule has 13 heteroatoms. The van der Waals surface area contributed by atoms with Crippen molar-refractivity contribution in [1.29, 1.82) is 0 Å². The fraction of sp³-hybridized carbons (Fsp3) is 0.429. The third kappa shape index (κ3) is 3.83. The summed E-state index contributed by atoms with van der Waals surface area (Å²) < 4.78 is 76.9. The molecule has 0 radical (unpaired) electrons. The van der Waals surface area contributed by atoms with Crippen LogP contribution >= 0.6 is 0 Å². The monoisotopic (exact) mass is 306 g/mol. The molecule has 0 aliphatic heterocycles. The summed E-state index contributed by atoms with van der Waals surface area (Å²) in [5.74, 6) is -1.26. The van der Waals surface area contributed by atoms with E-state index in [4.69, 9.17) is 5.73 Å². The Bertz CT molecular complexity index is 529. The van der Waals surface area contributed by atoms with E-state index in [0.717, 1.165) is 0 Å². The van der Waals surface area contributed by atoms with Gasteiger partial charge in [0, 0.05) is 0 Å². The number of nitrogens with two attached hydrogens (primary N) is 1. The molecule has 0 spiro atoms. The maximum atomic E-state index is 12.5. The molecular formula is C7H4F6N4O3. The van der Waals surface area contributed by atoms with Crippen molar-refractivity contribution in [3.63, 3.8) is 0 Å². The lowest BCUT2D eigenvalue weighted by Gasteiger charge is -2.11. The van der Waals surface area contributed by atoms with Crippen LogP contribution in [0.2, 0.25) is 0 Å². The number of nitro groups is 1. The Morgan fingerprint density at radius 1 is 1.20 bits per heavy atom. The molecule has 0 amide bonds. The standard InChI is InChI=1S/C7H4F6N4O3/c8-6(9,10)1-20-5-15-3(7(11,12)13)2(17(18)19)4(14)16-5/h1H2,(H2,14,15,16). The Morgan fingerprint density at radius 2 is 1.75 bits per heavy atom. The molecule has 0 aliphatic rings. The molecule has 0 aromatic carbocycles. The second kappa shape index (κ2) is 4.97. The summed E-state index contributed by atoms with van der Waals surface area (Å²) in [4.78, 5) is 14.4. The fourth-order valence-corrected chi connectivity index (χ4v) is 1.04. The molecule has 1 aromatic heterocycles. The zero-order valence-electron chi connectivity index (χ0n) is 9.12. The van der Waals surface area contributed by atoms with Crippen molar-refractivity contribution >= 4 is 11.5 Å². The van der Waals surface area contributed by atoms with Gasteiger partial charge in [-0.1, -0.05) is 0 Å². The molecule has 0 aliphatic carbocycles. The number of hydrogen-bond donors (Lipinski definition) is 1. The summed E-state index contributed by atoms with van der Waals surface area (Å²) in [6.07, 6.45) is -10.2. The molecule has 0 unspecified atom stereocenters. The van der Waals surface area contributed by atoms with Crippen LogP contribution in [0, 0.1) is 10.1 Å². The third-order valence-electron chi connectivity index (χ3n) is 1.71. The molecule has 7 nitrogen and oxygen atoms in total. The van der Waals surface area contributed by atoms with Crippen molar-refractivity contribution in [2.75, 3.05) is 12.3 Å². The number of rotatable bonds is 3. The van der Waals surface area contributed by atoms with Crippen molar-refractivity contribution in [2.45, 2.75) is 12.4 Å². The van der Waals surface area contributed by atoms with Gasteiger partial charge in [0.2, 0.25) is 11.5 Å². The maximum Gasteiger partial charge on any atom is 0.440 e. The first-order valence-corrected chi connectivity index (χ1v) is 4.50. The van der Waals surface area contributed by atoms with Crippen LogP contribution in [0.4, 0.5) is 37.8 Å². The number of nitrogen functional groups attached to an aromatic ring is 1. The fourth-order valence-electron chi connectivity index (χ4n) is 1.04. The molecule has 0 atom stereocenters. The summed E-state index contributed by atoms with van der Waals surface area (Å²) in [6.45, 7) is -1.97. The van der Waals surface area contributed by atoms with Crippen molar-refractivity contribution in [1.82, 2.24) is 9.97 Å². The predicted octanol–water partition coefficient (Wildman–Crippen LogP) is 1.93. The molecule has 112 valence electrons. The highest BCUT2D eigenvalue weighted by Crippen LogP contribution is 2.38. The van der Waals surface area contributed by atoms with E-state index in [1.165, 1.54) is 0 Å². The second-order valence-electron chi connectivity index (χ2n) is 3.25. The molecular weight excluding hydrogens is 302 g/mol. The highest BCUT2D eigenvalue weighted by Gasteiger charge is 2.43. The normalized spacial score (nSPS) is 12.3. The molecule has 0 bridgehead atoms. The van der Waals surface area contributed by atoms with Gasteiger partial charge >= 0.3 is 24.1 Å². The summed E-state index contributed by atoms with van der Waals surface area (Å²) in [5, 5.41) is 10.4. The Balaban J connectivity index is 3.26. The van der Waals surface area contributed by atoms with E-state index in [2.05, 4.69) is 14.7 Å². The van der Waals surface area contributed by atoms with Crippen molar-refractivity contribution in [2.24, 2.45) is 0 Å². The summed E-state index contributed by atoms with van der Waals surface area (Å²) in [7, 11) is 0. The lowest BCUT2D eigenvalue weighted by Crippen LogP contribution is -2.22. The van der Waals surface area contributed by atoms with Crippen LogP contribution in [0.5, 0.6) is 6.01 Å². The smallest absolute Gasteiger partial charge is 0.440 e. The van der Waals surface area contributed by atoms with Crippen molar-refractivity contribution in [3.05, 3.63) is 15.8 Å². The number of ether oxygens (including phenoxy) is 1. The SMILES string of the molecule is Nc1nc(OCC(F)(F)F)nc(C(F)(F)F)c1[N+](=O)[O-]. The van der Waals surface area contributed by atoms with E-state index in [9.17, 15) is 36.5 Å². The largest absolute Gasteiger partial charge is 0.454 e. The van der Waals surface area contributed by atoms with Gasteiger partial charge in [-0.3, -0.25) is 10.1 Å². The van der Waals surface area contributed by atoms with Gasteiger partial charge in [0.15, 0.2) is 6.61 Å². The maximum absolute atomic E-state index is 12.5. The Kier molecular flexibility index (Phi) is 3.91. The summed E-state index contributed by atoms with van der Waals surface area (Å²) in [5.41, 5.74) is 1.16. The van der Waals surface area contributed by atoms with Crippen LogP contribution < -0.4 is 10.5 Å². The minimum atomic E-state index is -5.31. The number of alkyl halides is 6. The first-order valence-electron chi connectivity index (χ1n) is 4.50. The Hall–Kier alpha value is -2.34. The second-order valence-corrected chi connectivity index (χ2v) is 3.25. The summed E-state index contributed by atoms with van der Waals surface area (Å²) >= 11 is 0. The van der Waals surface area contributed by atoms with Crippen LogP contribution in [0.25, 0.3) is 0 Å². The first kappa shape index (κ1) is 15.7. The highest BCUT2D eigenvalue weighted by atomic mass is 19.4. The number of aromatic nitrogens is 2. The van der Waals surface area contributed by atoms with Gasteiger partial charge in [0.1, 0.15) is 0 Å². The average molecular weight is 306 g/mol. The van der Waals surface area contributed by atoms with Gasteiger partial charge in [-0.2, -0.15) is 36.3 Å². The van der Waals surface area contributed by atoms with Gasteiger partial charge in [0.25, 0.3) is 0 Å². The van der Waals surface area contributed by atoms with E-state index in [1.807, 2.05) is 0 Å². The lowest BCUT2D eigenvalue weighted by atomic mass is 10.3. The van der Waals surface area contributed by atoms with Crippen LogP contribution in [-0.4, -0.2) is 27.7 Å². The van der Waals surface area contributed by atoms with Crippen LogP contribution in [0.15, 0.2) is 0 Å². The number of hydrogen-bond acceptors (Lipinski definition) is 6. The number of nitrogens with zero attached hydrogens (tertiary/aromatic N) is 3. The molecule has 1 rings (SSSR count). The van der Waals surface area contributed by atoms with E-state index < -0.39 is 47.1 Å². The van der Waals surface area contributed by atoms with Crippen LogP contribution in [0.3, 0.4) is 0 Å². The van der Waals surface area contributed by atoms with Gasteiger partial charge < -0.3 is 10.5 Å². The quantitative estimate of drug-likeness (QED) is 0.520. The molecule has 0 saturated heterocycles. The lowest BCUT2D eigenvalue weighted by molar-refractivity contribution is -0.387. The number of halogens is 6. The first-order chi connectivity index (χ1) is 8.92. The minimum absolute atomic E-state index is 1.26. The summed E-state index contributed by atoms with van der Waals surface area (Å²) in [6, 6.07) is -1.36. The molecule has 1 aromatic rings. The molecule has 0 fully saturated rings. The van der Waals surface area contributed by atoms with Gasteiger partial charge in [0.05, 0.1) is 4.92 Å². The van der Waals surface area contributed by atoms with Crippen molar-refractivity contribution in [3.8, 4) is 6.01 Å². The number of anilines is 1. The van der Waals surface area contributed by atoms with Crippen LogP contribution in [0.1, 0.15) is 5.69 Å². The Morgan fingerprint density at radius 3 is 2.15 bits per heavy atom. The van der Waals surface area contributed by atoms with Gasteiger partial charge in [-0.05, 0) is 0 Å². The minimum Gasteiger partial charge on any atom is -0.454 e. The topological polar surface area (TPSA) is 104 Å². The van der Waals surface area contributed by atoms with E-state index in [-0.39, 0.29) is 0 Å². The zero-order chi connectivity index (χ0) is 15.7. The third-order valence-corrected chi connectivity index (χ3v) is 1.71. The van der Waals surface area contributed by atoms with Crippen LogP contribution in [-0.2, 0) is 6.18 Å². The molecule has 2 N–H and O–H groups in total. The Labute approximate surface area is 105 Å². The highest BCUT2D eigenvalue weighted by molar-refractivity contribution is 5.56. The average Bonchev–Trinajstić information content (AvgIpc) is 2.22. The van der Waals surface area contributed by atoms with E-state index in [0.29, 0.717) is 0 Å². The zero-order valence-corrected chi connectivity index (χ0v) is 9.12. The van der Waals surface area contributed by atoms with E-state index >= 15 is 0 Å². The molecule has 0 saturated carbocycles. The molecule has 1 heterocycles. The molecule has 20 heavy (non-hydrogen) atoms. The van der Waals surface area contributed by atoms with Crippen molar-refractivity contribution < 1.29 is 36.0 Å². The van der Waals surface area contributed by atoms with Gasteiger partial charge in [-0.15, -0.1) is 0 Å². The van der Waals surface area contributed by atoms with E-state index in [1.54, 1.807) is 0 Å². The van der Waals surface area contributed by atoms with Gasteiger partial charge in [-0.25, -0.2) is 0 Å².